The van der Waals surface area contributed by atoms with Crippen molar-refractivity contribution in [3.05, 3.63) is 48.0 Å². The molecule has 0 unspecified atom stereocenters. The van der Waals surface area contributed by atoms with Crippen LogP contribution >= 0.6 is 12.4 Å². The Hall–Kier alpha value is -1.09. The van der Waals surface area contributed by atoms with Crippen molar-refractivity contribution in [1.29, 1.82) is 0 Å². The van der Waals surface area contributed by atoms with Gasteiger partial charge in [0.1, 0.15) is 0 Å². The van der Waals surface area contributed by atoms with Crippen molar-refractivity contribution in [3.8, 4) is 0 Å². The van der Waals surface area contributed by atoms with Crippen molar-refractivity contribution in [2.75, 3.05) is 19.6 Å². The summed E-state index contributed by atoms with van der Waals surface area (Å²) in [6.07, 6.45) is 0. The SMILES string of the molecule is C[C@@H]1CNCCN1Cc1ccc2ccccc2c1.Cl. The molecule has 1 heterocycles. The van der Waals surface area contributed by atoms with Crippen molar-refractivity contribution < 1.29 is 0 Å². The highest BCUT2D eigenvalue weighted by Gasteiger charge is 2.17. The van der Waals surface area contributed by atoms with Crippen LogP contribution in [0.15, 0.2) is 42.5 Å². The smallest absolute Gasteiger partial charge is 0.0237 e. The Labute approximate surface area is 121 Å². The van der Waals surface area contributed by atoms with E-state index in [0.29, 0.717) is 6.04 Å². The molecule has 0 spiro atoms. The molecule has 1 saturated heterocycles. The highest BCUT2D eigenvalue weighted by atomic mass is 35.5. The molecule has 3 rings (SSSR count). The van der Waals surface area contributed by atoms with E-state index in [4.69, 9.17) is 0 Å². The Balaban J connectivity index is 0.00000133. The largest absolute Gasteiger partial charge is 0.314 e. The normalized spacial score (nSPS) is 20.2. The van der Waals surface area contributed by atoms with E-state index in [2.05, 4.69) is 59.6 Å². The molecule has 0 aromatic heterocycles. The van der Waals surface area contributed by atoms with Crippen LogP contribution in [0, 0.1) is 0 Å². The van der Waals surface area contributed by atoms with Gasteiger partial charge in [-0.15, -0.1) is 12.4 Å². The molecule has 0 amide bonds. The average Bonchev–Trinajstić information content (AvgIpc) is 2.41. The van der Waals surface area contributed by atoms with Crippen LogP contribution in [0.1, 0.15) is 12.5 Å². The number of piperazine rings is 1. The van der Waals surface area contributed by atoms with Crippen LogP contribution in [-0.4, -0.2) is 30.6 Å². The molecule has 2 aromatic carbocycles. The summed E-state index contributed by atoms with van der Waals surface area (Å²) in [4.78, 5) is 2.56. The van der Waals surface area contributed by atoms with Crippen molar-refractivity contribution in [1.82, 2.24) is 10.2 Å². The van der Waals surface area contributed by atoms with Crippen LogP contribution in [0.25, 0.3) is 10.8 Å². The second-order valence-corrected chi connectivity index (χ2v) is 5.21. The maximum absolute atomic E-state index is 3.44. The summed E-state index contributed by atoms with van der Waals surface area (Å²) in [6.45, 7) is 6.72. The third-order valence-electron chi connectivity index (χ3n) is 3.84. The van der Waals surface area contributed by atoms with E-state index in [1.165, 1.54) is 16.3 Å². The molecule has 102 valence electrons. The highest BCUT2D eigenvalue weighted by Crippen LogP contribution is 2.18. The first-order chi connectivity index (χ1) is 8.83. The Bertz CT molecular complexity index is 541. The molecule has 1 fully saturated rings. The second-order valence-electron chi connectivity index (χ2n) is 5.21. The third-order valence-corrected chi connectivity index (χ3v) is 3.84. The first kappa shape index (κ1) is 14.3. The molecule has 19 heavy (non-hydrogen) atoms. The number of nitrogens with one attached hydrogen (secondary N) is 1. The number of halogens is 1. The van der Waals surface area contributed by atoms with Crippen LogP contribution in [0.5, 0.6) is 0 Å². The molecule has 0 radical (unpaired) electrons. The van der Waals surface area contributed by atoms with Crippen molar-refractivity contribution in [3.63, 3.8) is 0 Å². The summed E-state index contributed by atoms with van der Waals surface area (Å²) in [5.74, 6) is 0. The first-order valence-corrected chi connectivity index (χ1v) is 6.75. The Kier molecular flexibility index (Phi) is 4.81. The summed E-state index contributed by atoms with van der Waals surface area (Å²) in [7, 11) is 0. The van der Waals surface area contributed by atoms with Gasteiger partial charge in [-0.05, 0) is 29.3 Å². The first-order valence-electron chi connectivity index (χ1n) is 6.75. The lowest BCUT2D eigenvalue weighted by Crippen LogP contribution is -2.49. The minimum atomic E-state index is 0. The number of fused-ring (bicyclic) bond motifs is 1. The Morgan fingerprint density at radius 2 is 1.95 bits per heavy atom. The molecule has 2 nitrogen and oxygen atoms in total. The van der Waals surface area contributed by atoms with Crippen LogP contribution in [0.2, 0.25) is 0 Å². The second kappa shape index (κ2) is 6.38. The molecule has 1 N–H and O–H groups in total. The summed E-state index contributed by atoms with van der Waals surface area (Å²) in [6, 6.07) is 16.0. The molecule has 0 saturated carbocycles. The quantitative estimate of drug-likeness (QED) is 0.907. The lowest BCUT2D eigenvalue weighted by molar-refractivity contribution is 0.166. The number of nitrogens with zero attached hydrogens (tertiary/aromatic N) is 1. The topological polar surface area (TPSA) is 15.3 Å². The van der Waals surface area contributed by atoms with E-state index < -0.39 is 0 Å². The number of hydrogen-bond donors (Lipinski definition) is 1. The van der Waals surface area contributed by atoms with Gasteiger partial charge in [-0.1, -0.05) is 36.4 Å². The summed E-state index contributed by atoms with van der Waals surface area (Å²) in [5.41, 5.74) is 1.42. The maximum Gasteiger partial charge on any atom is 0.0237 e. The Morgan fingerprint density at radius 3 is 2.74 bits per heavy atom. The lowest BCUT2D eigenvalue weighted by atomic mass is 10.1. The van der Waals surface area contributed by atoms with Gasteiger partial charge in [0.15, 0.2) is 0 Å². The van der Waals surface area contributed by atoms with Gasteiger partial charge in [0.25, 0.3) is 0 Å². The van der Waals surface area contributed by atoms with Gasteiger partial charge in [0.05, 0.1) is 0 Å². The lowest BCUT2D eigenvalue weighted by Gasteiger charge is -2.33. The van der Waals surface area contributed by atoms with Crippen molar-refractivity contribution >= 4 is 23.2 Å². The maximum atomic E-state index is 3.44. The van der Waals surface area contributed by atoms with Gasteiger partial charge in [-0.25, -0.2) is 0 Å². The van der Waals surface area contributed by atoms with Crippen LogP contribution in [-0.2, 0) is 6.54 Å². The summed E-state index contributed by atoms with van der Waals surface area (Å²) >= 11 is 0. The van der Waals surface area contributed by atoms with E-state index >= 15 is 0 Å². The van der Waals surface area contributed by atoms with E-state index in [1.807, 2.05) is 0 Å². The molecular formula is C16H21ClN2. The fraction of sp³-hybridized carbons (Fsp3) is 0.375. The fourth-order valence-corrected chi connectivity index (χ4v) is 2.69. The minimum absolute atomic E-state index is 0. The standard InChI is InChI=1S/C16H20N2.ClH/c1-13-11-17-8-9-18(13)12-14-6-7-15-4-2-3-5-16(15)10-14;/h2-7,10,13,17H,8-9,11-12H2,1H3;1H/t13-;/m1./s1. The summed E-state index contributed by atoms with van der Waals surface area (Å²) < 4.78 is 0. The van der Waals surface area contributed by atoms with E-state index in [0.717, 1.165) is 26.2 Å². The van der Waals surface area contributed by atoms with Crippen LogP contribution < -0.4 is 5.32 Å². The van der Waals surface area contributed by atoms with Crippen molar-refractivity contribution in [2.24, 2.45) is 0 Å². The third kappa shape index (κ3) is 3.27. The van der Waals surface area contributed by atoms with E-state index in [1.54, 1.807) is 0 Å². The van der Waals surface area contributed by atoms with Gasteiger partial charge in [-0.2, -0.15) is 0 Å². The zero-order valence-corrected chi connectivity index (χ0v) is 12.1. The van der Waals surface area contributed by atoms with E-state index in [-0.39, 0.29) is 12.4 Å². The molecule has 1 aliphatic rings. The Morgan fingerprint density at radius 1 is 1.16 bits per heavy atom. The average molecular weight is 277 g/mol. The van der Waals surface area contributed by atoms with Crippen LogP contribution in [0.3, 0.4) is 0 Å². The monoisotopic (exact) mass is 276 g/mol. The van der Waals surface area contributed by atoms with Gasteiger partial charge < -0.3 is 5.32 Å². The number of benzene rings is 2. The van der Waals surface area contributed by atoms with Gasteiger partial charge in [0, 0.05) is 32.2 Å². The number of hydrogen-bond acceptors (Lipinski definition) is 2. The summed E-state index contributed by atoms with van der Waals surface area (Å²) in [5, 5.41) is 6.11. The fourth-order valence-electron chi connectivity index (χ4n) is 2.69. The van der Waals surface area contributed by atoms with Gasteiger partial charge in [0.2, 0.25) is 0 Å². The predicted octanol–water partition coefficient (Wildman–Crippen LogP) is 3.06. The predicted molar refractivity (Wildman–Crippen MR) is 83.9 cm³/mol. The molecule has 0 bridgehead atoms. The zero-order chi connectivity index (χ0) is 12.4. The molecule has 0 aliphatic carbocycles. The molecule has 1 aliphatic heterocycles. The molecule has 2 aromatic rings. The molecular weight excluding hydrogens is 256 g/mol. The highest BCUT2D eigenvalue weighted by molar-refractivity contribution is 5.85. The van der Waals surface area contributed by atoms with Crippen LogP contribution in [0.4, 0.5) is 0 Å². The van der Waals surface area contributed by atoms with Gasteiger partial charge >= 0.3 is 0 Å². The van der Waals surface area contributed by atoms with Crippen molar-refractivity contribution in [2.45, 2.75) is 19.5 Å². The van der Waals surface area contributed by atoms with E-state index in [9.17, 15) is 0 Å². The minimum Gasteiger partial charge on any atom is -0.314 e. The molecule has 3 heteroatoms. The van der Waals surface area contributed by atoms with Gasteiger partial charge in [-0.3, -0.25) is 4.90 Å². The number of rotatable bonds is 2. The zero-order valence-electron chi connectivity index (χ0n) is 11.3. The molecule has 1 atom stereocenters.